The predicted molar refractivity (Wildman–Crippen MR) is 152 cm³/mol. The van der Waals surface area contributed by atoms with Crippen molar-refractivity contribution in [3.8, 4) is 5.75 Å². The van der Waals surface area contributed by atoms with Gasteiger partial charge in [-0.25, -0.2) is 8.78 Å². The number of likely N-dealkylation sites (tertiary alicyclic amines) is 1. The summed E-state index contributed by atoms with van der Waals surface area (Å²) in [5.74, 6) is -7.55. The Bertz CT molecular complexity index is 1440. The van der Waals surface area contributed by atoms with Crippen LogP contribution in [0.1, 0.15) is 61.3 Å². The number of phenols is 1. The molecule has 1 aliphatic heterocycles. The molecule has 0 radical (unpaired) electrons. The fraction of sp³-hybridized carbons (Fsp3) is 0.581. The first-order chi connectivity index (χ1) is 20.1. The van der Waals surface area contributed by atoms with Crippen LogP contribution in [0.2, 0.25) is 0 Å². The molecule has 1 aromatic rings. The SMILES string of the molecule is CC(C)c1cc(CN2CCC(C(F)F)CC2)c(O)c2c1C[C@H]1C[C@H]3[C@@H](N(C)C)C(=O)C(C(N)=O)=C(O)[C@@]3(O)C(=O)C1=C2O. The summed E-state index contributed by atoms with van der Waals surface area (Å²) in [6.07, 6.45) is -1.49. The lowest BCUT2D eigenvalue weighted by Crippen LogP contribution is -2.65. The van der Waals surface area contributed by atoms with Crippen molar-refractivity contribution in [2.45, 2.75) is 70.1 Å². The highest BCUT2D eigenvalue weighted by atomic mass is 19.3. The van der Waals surface area contributed by atoms with Crippen molar-refractivity contribution < 1.29 is 43.6 Å². The number of nitrogens with zero attached hydrogens (tertiary/aromatic N) is 2. The minimum Gasteiger partial charge on any atom is -0.508 e. The van der Waals surface area contributed by atoms with Crippen LogP contribution < -0.4 is 5.73 Å². The summed E-state index contributed by atoms with van der Waals surface area (Å²) in [6, 6.07) is 0.713. The lowest BCUT2D eigenvalue weighted by molar-refractivity contribution is -0.153. The van der Waals surface area contributed by atoms with Crippen molar-refractivity contribution in [1.82, 2.24) is 9.80 Å². The lowest BCUT2D eigenvalue weighted by Gasteiger charge is -2.50. The molecule has 0 spiro atoms. The van der Waals surface area contributed by atoms with E-state index in [9.17, 15) is 43.6 Å². The molecule has 0 bridgehead atoms. The van der Waals surface area contributed by atoms with Gasteiger partial charge in [0.05, 0.1) is 11.6 Å². The van der Waals surface area contributed by atoms with E-state index < -0.39 is 70.4 Å². The normalized spacial score (nSPS) is 28.6. The Morgan fingerprint density at radius 3 is 2.33 bits per heavy atom. The van der Waals surface area contributed by atoms with Gasteiger partial charge >= 0.3 is 0 Å². The number of benzene rings is 1. The third kappa shape index (κ3) is 4.74. The number of aromatic hydroxyl groups is 1. The molecule has 43 heavy (non-hydrogen) atoms. The highest BCUT2D eigenvalue weighted by molar-refractivity contribution is 6.24. The van der Waals surface area contributed by atoms with Gasteiger partial charge in [-0.2, -0.15) is 0 Å². The molecule has 0 unspecified atom stereocenters. The molecule has 10 nitrogen and oxygen atoms in total. The van der Waals surface area contributed by atoms with E-state index in [2.05, 4.69) is 0 Å². The molecule has 4 atom stereocenters. The maximum Gasteiger partial charge on any atom is 0.255 e. The van der Waals surface area contributed by atoms with Crippen molar-refractivity contribution in [3.05, 3.63) is 45.2 Å². The first kappa shape index (κ1) is 31.1. The number of alkyl halides is 2. The molecule has 0 aromatic heterocycles. The van der Waals surface area contributed by atoms with Crippen molar-refractivity contribution in [2.24, 2.45) is 23.5 Å². The van der Waals surface area contributed by atoms with Crippen LogP contribution in [-0.4, -0.2) is 93.0 Å². The summed E-state index contributed by atoms with van der Waals surface area (Å²) in [6.45, 7) is 5.01. The lowest BCUT2D eigenvalue weighted by atomic mass is 9.57. The van der Waals surface area contributed by atoms with E-state index in [1.807, 2.05) is 24.8 Å². The zero-order valence-corrected chi connectivity index (χ0v) is 24.7. The summed E-state index contributed by atoms with van der Waals surface area (Å²) >= 11 is 0. The summed E-state index contributed by atoms with van der Waals surface area (Å²) in [5.41, 5.74) is 3.63. The van der Waals surface area contributed by atoms with Crippen LogP contribution in [0.25, 0.3) is 5.76 Å². The molecule has 6 N–H and O–H groups in total. The van der Waals surface area contributed by atoms with Gasteiger partial charge in [-0.3, -0.25) is 24.2 Å². The smallest absolute Gasteiger partial charge is 0.255 e. The minimum absolute atomic E-state index is 0.0187. The first-order valence-corrected chi connectivity index (χ1v) is 14.6. The number of piperidine rings is 1. The number of ketones is 2. The maximum absolute atomic E-state index is 14.1. The van der Waals surface area contributed by atoms with E-state index in [0.717, 1.165) is 5.56 Å². The number of fused-ring (bicyclic) bond motifs is 3. The summed E-state index contributed by atoms with van der Waals surface area (Å²) in [4.78, 5) is 43.0. The van der Waals surface area contributed by atoms with E-state index in [-0.39, 0.29) is 42.2 Å². The van der Waals surface area contributed by atoms with Crippen LogP contribution in [0.5, 0.6) is 5.75 Å². The van der Waals surface area contributed by atoms with Gasteiger partial charge in [-0.15, -0.1) is 0 Å². The van der Waals surface area contributed by atoms with Crippen LogP contribution in [0.3, 0.4) is 0 Å². The van der Waals surface area contributed by atoms with Gasteiger partial charge < -0.3 is 26.2 Å². The van der Waals surface area contributed by atoms with Gasteiger partial charge in [-0.05, 0) is 75.8 Å². The predicted octanol–water partition coefficient (Wildman–Crippen LogP) is 2.56. The molecule has 1 amide bonds. The molecule has 1 aromatic carbocycles. The summed E-state index contributed by atoms with van der Waals surface area (Å²) < 4.78 is 26.4. The fourth-order valence-corrected chi connectivity index (χ4v) is 7.64. The first-order valence-electron chi connectivity index (χ1n) is 14.6. The van der Waals surface area contributed by atoms with Crippen molar-refractivity contribution in [2.75, 3.05) is 27.2 Å². The largest absolute Gasteiger partial charge is 0.508 e. The minimum atomic E-state index is -2.70. The number of rotatable bonds is 6. The van der Waals surface area contributed by atoms with E-state index in [0.29, 0.717) is 37.1 Å². The third-order valence-corrected chi connectivity index (χ3v) is 9.84. The Balaban J connectivity index is 1.62. The van der Waals surface area contributed by atoms with Crippen molar-refractivity contribution >= 4 is 23.2 Å². The number of likely N-dealkylation sites (N-methyl/N-ethyl adjacent to an activating group) is 1. The van der Waals surface area contributed by atoms with Gasteiger partial charge in [0.1, 0.15) is 22.8 Å². The number of halogens is 2. The number of nitrogens with two attached hydrogens (primary N) is 1. The number of amides is 1. The number of aliphatic hydroxyl groups excluding tert-OH is 2. The average molecular weight is 604 g/mol. The van der Waals surface area contributed by atoms with Crippen LogP contribution >= 0.6 is 0 Å². The van der Waals surface area contributed by atoms with Crippen LogP contribution in [0, 0.1) is 17.8 Å². The number of carbonyl (C=O) groups is 3. The van der Waals surface area contributed by atoms with E-state index in [1.54, 1.807) is 14.1 Å². The number of primary amides is 1. The number of phenolic OH excluding ortho intramolecular Hbond substituents is 1. The van der Waals surface area contributed by atoms with E-state index in [1.165, 1.54) is 4.90 Å². The van der Waals surface area contributed by atoms with Gasteiger partial charge in [0.15, 0.2) is 11.4 Å². The summed E-state index contributed by atoms with van der Waals surface area (Å²) in [5, 5.41) is 46.0. The van der Waals surface area contributed by atoms with E-state index in [4.69, 9.17) is 5.73 Å². The molecule has 4 aliphatic rings. The Labute approximate surface area is 248 Å². The average Bonchev–Trinajstić information content (AvgIpc) is 2.92. The molecule has 5 rings (SSSR count). The quantitative estimate of drug-likeness (QED) is 0.307. The van der Waals surface area contributed by atoms with Gasteiger partial charge in [0, 0.05) is 29.5 Å². The monoisotopic (exact) mass is 603 g/mol. The summed E-state index contributed by atoms with van der Waals surface area (Å²) in [7, 11) is 3.11. The Hall–Kier alpha value is -3.35. The molecule has 2 fully saturated rings. The van der Waals surface area contributed by atoms with E-state index >= 15 is 0 Å². The molecule has 1 saturated heterocycles. The molecule has 12 heteroatoms. The van der Waals surface area contributed by atoms with Crippen molar-refractivity contribution in [3.63, 3.8) is 0 Å². The standard InChI is InChI=1S/C31H39F2N3O7/c1-13(2)17-10-16(12-36-7-5-14(6-8-36)29(32)33)24(37)21-18(17)9-15-11-19-23(35(3)4)26(39)22(30(34)42)28(41)31(19,43)27(40)20(15)25(21)38/h10,13-15,19,23,29,37-38,41,43H,5-9,11-12H2,1-4H3,(H2,34,42)/t15-,19-,23+,31-/m0/s1. The Kier molecular flexibility index (Phi) is 7.94. The number of carbonyl (C=O) groups excluding carboxylic acids is 3. The maximum atomic E-state index is 14.1. The second-order valence-electron chi connectivity index (χ2n) is 12.9. The van der Waals surface area contributed by atoms with Gasteiger partial charge in [0.25, 0.3) is 5.91 Å². The number of aliphatic hydroxyl groups is 3. The Morgan fingerprint density at radius 1 is 1.16 bits per heavy atom. The molecule has 234 valence electrons. The number of hydrogen-bond acceptors (Lipinski definition) is 9. The third-order valence-electron chi connectivity index (χ3n) is 9.84. The number of Topliss-reactive ketones (excluding diaryl/α,β-unsaturated/α-hetero) is 2. The van der Waals surface area contributed by atoms with Gasteiger partial charge in [-0.1, -0.05) is 19.9 Å². The molecular weight excluding hydrogens is 564 g/mol. The topological polar surface area (TPSA) is 165 Å². The molecule has 3 aliphatic carbocycles. The zero-order valence-electron chi connectivity index (χ0n) is 24.7. The fourth-order valence-electron chi connectivity index (χ4n) is 7.64. The Morgan fingerprint density at radius 2 is 1.79 bits per heavy atom. The second kappa shape index (κ2) is 11.0. The molecular formula is C31H39F2N3O7. The molecule has 1 saturated carbocycles. The van der Waals surface area contributed by atoms with Gasteiger partial charge in [0.2, 0.25) is 12.2 Å². The second-order valence-corrected chi connectivity index (χ2v) is 12.9. The van der Waals surface area contributed by atoms with Crippen LogP contribution in [-0.2, 0) is 27.3 Å². The van der Waals surface area contributed by atoms with Crippen LogP contribution in [0.4, 0.5) is 8.78 Å². The number of hydrogen-bond donors (Lipinski definition) is 5. The highest BCUT2D eigenvalue weighted by Gasteiger charge is 2.64. The molecule has 1 heterocycles. The van der Waals surface area contributed by atoms with Crippen LogP contribution in [0.15, 0.2) is 23.0 Å². The zero-order chi connectivity index (χ0) is 31.7. The highest BCUT2D eigenvalue weighted by Crippen LogP contribution is 2.54. The van der Waals surface area contributed by atoms with Crippen molar-refractivity contribution in [1.29, 1.82) is 0 Å².